The van der Waals surface area contributed by atoms with Crippen LogP contribution in [0.2, 0.25) is 0 Å². The lowest BCUT2D eigenvalue weighted by molar-refractivity contribution is 0.102. The Labute approximate surface area is 107 Å². The van der Waals surface area contributed by atoms with Crippen LogP contribution in [0, 0.1) is 6.92 Å². The van der Waals surface area contributed by atoms with Gasteiger partial charge in [0.1, 0.15) is 5.60 Å². The summed E-state index contributed by atoms with van der Waals surface area (Å²) in [5.41, 5.74) is 4.33. The number of hydrogen-bond donors (Lipinski definition) is 1. The maximum Gasteiger partial charge on any atom is 0.113 e. The molecule has 1 aliphatic rings. The molecule has 0 aliphatic heterocycles. The minimum absolute atomic E-state index is 0.943. The monoisotopic (exact) mass is 236 g/mol. The van der Waals surface area contributed by atoms with Crippen LogP contribution in [0.4, 0.5) is 0 Å². The van der Waals surface area contributed by atoms with Gasteiger partial charge in [0, 0.05) is 0 Å². The van der Waals surface area contributed by atoms with E-state index in [2.05, 4.69) is 37.3 Å². The van der Waals surface area contributed by atoms with Crippen LogP contribution in [-0.2, 0) is 5.60 Å². The minimum Gasteiger partial charge on any atom is -0.381 e. The Kier molecular flexibility index (Phi) is 2.39. The number of aliphatic hydroxyl groups is 1. The average molecular weight is 236 g/mol. The van der Waals surface area contributed by atoms with E-state index in [0.717, 1.165) is 22.3 Å². The van der Waals surface area contributed by atoms with Crippen LogP contribution in [0.3, 0.4) is 0 Å². The van der Waals surface area contributed by atoms with Gasteiger partial charge in [0.25, 0.3) is 0 Å². The first-order chi connectivity index (χ1) is 8.59. The van der Waals surface area contributed by atoms with Crippen molar-refractivity contribution in [2.45, 2.75) is 19.4 Å². The molecule has 90 valence electrons. The third-order valence-corrected chi connectivity index (χ3v) is 3.66. The van der Waals surface area contributed by atoms with Crippen LogP contribution in [0.5, 0.6) is 0 Å². The molecule has 0 saturated carbocycles. The summed E-state index contributed by atoms with van der Waals surface area (Å²) in [7, 11) is 0. The molecule has 1 atom stereocenters. The average Bonchev–Trinajstić information content (AvgIpc) is 2.47. The van der Waals surface area contributed by atoms with E-state index in [4.69, 9.17) is 0 Å². The Balaban J connectivity index is 2.34. The van der Waals surface area contributed by atoms with Crippen molar-refractivity contribution < 1.29 is 5.11 Å². The van der Waals surface area contributed by atoms with Gasteiger partial charge in [-0.1, -0.05) is 60.2 Å². The van der Waals surface area contributed by atoms with Crippen LogP contribution in [0.25, 0.3) is 12.2 Å². The zero-order valence-corrected chi connectivity index (χ0v) is 10.6. The minimum atomic E-state index is -0.943. The summed E-state index contributed by atoms with van der Waals surface area (Å²) in [6, 6.07) is 14.2. The number of fused-ring (bicyclic) bond motifs is 2. The van der Waals surface area contributed by atoms with E-state index in [1.165, 1.54) is 5.56 Å². The molecule has 0 spiro atoms. The first-order valence-corrected chi connectivity index (χ1v) is 6.20. The Morgan fingerprint density at radius 1 is 0.889 bits per heavy atom. The van der Waals surface area contributed by atoms with Gasteiger partial charge >= 0.3 is 0 Å². The van der Waals surface area contributed by atoms with Crippen molar-refractivity contribution in [3.63, 3.8) is 0 Å². The van der Waals surface area contributed by atoms with E-state index in [-0.39, 0.29) is 0 Å². The topological polar surface area (TPSA) is 20.2 Å². The molecule has 18 heavy (non-hydrogen) atoms. The molecule has 3 rings (SSSR count). The van der Waals surface area contributed by atoms with Gasteiger partial charge in [0.2, 0.25) is 0 Å². The van der Waals surface area contributed by atoms with Gasteiger partial charge in [0.15, 0.2) is 0 Å². The second kappa shape index (κ2) is 3.82. The summed E-state index contributed by atoms with van der Waals surface area (Å²) >= 11 is 0. The maximum atomic E-state index is 10.9. The van der Waals surface area contributed by atoms with Crippen molar-refractivity contribution in [3.8, 4) is 0 Å². The fraction of sp³-hybridized carbons (Fsp3) is 0.176. The third kappa shape index (κ3) is 1.59. The Bertz CT molecular complexity index is 636. The summed E-state index contributed by atoms with van der Waals surface area (Å²) in [5, 5.41) is 10.9. The fourth-order valence-corrected chi connectivity index (χ4v) is 2.65. The van der Waals surface area contributed by atoms with E-state index >= 15 is 0 Å². The molecule has 0 fully saturated rings. The molecule has 2 aromatic carbocycles. The predicted octanol–water partition coefficient (Wildman–Crippen LogP) is 3.73. The van der Waals surface area contributed by atoms with Crippen molar-refractivity contribution in [3.05, 3.63) is 70.3 Å². The molecule has 1 heteroatoms. The standard InChI is InChI=1S/C17H16O/c1-12-7-8-14-10-9-13-5-3-4-6-15(13)17(2,18)16(14)11-12/h3-11,18H,1-2H3. The molecule has 0 saturated heterocycles. The van der Waals surface area contributed by atoms with Gasteiger partial charge in [-0.15, -0.1) is 0 Å². The highest BCUT2D eigenvalue weighted by atomic mass is 16.3. The van der Waals surface area contributed by atoms with Gasteiger partial charge in [-0.05, 0) is 36.1 Å². The van der Waals surface area contributed by atoms with Gasteiger partial charge in [-0.2, -0.15) is 0 Å². The highest BCUT2D eigenvalue weighted by Crippen LogP contribution is 2.37. The molecule has 0 heterocycles. The molecular formula is C17H16O. The highest BCUT2D eigenvalue weighted by molar-refractivity contribution is 5.77. The lowest BCUT2D eigenvalue weighted by Crippen LogP contribution is -2.24. The SMILES string of the molecule is Cc1ccc2c(c1)C(C)(O)c1ccccc1C=C2. The van der Waals surface area contributed by atoms with Crippen molar-refractivity contribution in [2.24, 2.45) is 0 Å². The highest BCUT2D eigenvalue weighted by Gasteiger charge is 2.30. The maximum absolute atomic E-state index is 10.9. The second-order valence-corrected chi connectivity index (χ2v) is 5.08. The summed E-state index contributed by atoms with van der Waals surface area (Å²) in [5.74, 6) is 0. The normalized spacial score (nSPS) is 21.1. The number of aryl methyl sites for hydroxylation is 1. The molecule has 2 aromatic rings. The van der Waals surface area contributed by atoms with E-state index in [1.807, 2.05) is 31.2 Å². The summed E-state index contributed by atoms with van der Waals surface area (Å²) in [6.07, 6.45) is 4.15. The molecule has 0 bridgehead atoms. The van der Waals surface area contributed by atoms with Gasteiger partial charge in [-0.3, -0.25) is 0 Å². The second-order valence-electron chi connectivity index (χ2n) is 5.08. The molecule has 1 aliphatic carbocycles. The van der Waals surface area contributed by atoms with Crippen LogP contribution in [-0.4, -0.2) is 5.11 Å². The Morgan fingerprint density at radius 3 is 2.33 bits per heavy atom. The fourth-order valence-electron chi connectivity index (χ4n) is 2.65. The van der Waals surface area contributed by atoms with Crippen molar-refractivity contribution in [1.29, 1.82) is 0 Å². The summed E-state index contributed by atoms with van der Waals surface area (Å²) in [6.45, 7) is 3.92. The van der Waals surface area contributed by atoms with Crippen molar-refractivity contribution >= 4 is 12.2 Å². The Morgan fingerprint density at radius 2 is 1.56 bits per heavy atom. The molecule has 1 unspecified atom stereocenters. The lowest BCUT2D eigenvalue weighted by atomic mass is 9.84. The summed E-state index contributed by atoms with van der Waals surface area (Å²) < 4.78 is 0. The molecule has 1 nitrogen and oxygen atoms in total. The largest absolute Gasteiger partial charge is 0.381 e. The zero-order valence-electron chi connectivity index (χ0n) is 10.6. The number of rotatable bonds is 0. The van der Waals surface area contributed by atoms with Crippen LogP contribution in [0.15, 0.2) is 42.5 Å². The Hall–Kier alpha value is -1.86. The van der Waals surface area contributed by atoms with Crippen molar-refractivity contribution in [1.82, 2.24) is 0 Å². The zero-order chi connectivity index (χ0) is 12.8. The van der Waals surface area contributed by atoms with Crippen LogP contribution < -0.4 is 0 Å². The molecular weight excluding hydrogens is 220 g/mol. The predicted molar refractivity (Wildman–Crippen MR) is 75.2 cm³/mol. The summed E-state index contributed by atoms with van der Waals surface area (Å²) in [4.78, 5) is 0. The van der Waals surface area contributed by atoms with Gasteiger partial charge in [0.05, 0.1) is 0 Å². The molecule has 1 N–H and O–H groups in total. The van der Waals surface area contributed by atoms with Crippen molar-refractivity contribution in [2.75, 3.05) is 0 Å². The first kappa shape index (κ1) is 11.2. The number of hydrogen-bond acceptors (Lipinski definition) is 1. The lowest BCUT2D eigenvalue weighted by Gasteiger charge is -2.27. The van der Waals surface area contributed by atoms with Gasteiger partial charge in [-0.25, -0.2) is 0 Å². The van der Waals surface area contributed by atoms with E-state index in [0.29, 0.717) is 0 Å². The molecule has 0 radical (unpaired) electrons. The van der Waals surface area contributed by atoms with E-state index in [1.54, 1.807) is 0 Å². The first-order valence-electron chi connectivity index (χ1n) is 6.20. The smallest absolute Gasteiger partial charge is 0.113 e. The molecule has 0 aromatic heterocycles. The van der Waals surface area contributed by atoms with Crippen LogP contribution >= 0.6 is 0 Å². The van der Waals surface area contributed by atoms with Gasteiger partial charge < -0.3 is 5.11 Å². The quantitative estimate of drug-likeness (QED) is 0.739. The van der Waals surface area contributed by atoms with E-state index in [9.17, 15) is 5.11 Å². The number of benzene rings is 2. The third-order valence-electron chi connectivity index (χ3n) is 3.66. The van der Waals surface area contributed by atoms with E-state index < -0.39 is 5.60 Å². The molecule has 0 amide bonds. The van der Waals surface area contributed by atoms with Crippen LogP contribution in [0.1, 0.15) is 34.7 Å².